The molecule has 1 aromatic rings. The van der Waals surface area contributed by atoms with E-state index in [0.717, 1.165) is 25.1 Å². The second-order valence-electron chi connectivity index (χ2n) is 6.88. The first-order chi connectivity index (χ1) is 11.0. The number of carbonyl (C=O) groups is 1. The number of carbonyl (C=O) groups excluding carboxylic acids is 1. The van der Waals surface area contributed by atoms with Gasteiger partial charge in [0, 0.05) is 24.8 Å². The predicted molar refractivity (Wildman–Crippen MR) is 93.8 cm³/mol. The van der Waals surface area contributed by atoms with E-state index < -0.39 is 0 Å². The molecule has 0 radical (unpaired) electrons. The SMILES string of the molecule is CCC1CCCCN1c1nc(C)cc(C(=O)NCCC(C)C)n1. The fourth-order valence-corrected chi connectivity index (χ4v) is 3.05. The van der Waals surface area contributed by atoms with Crippen molar-refractivity contribution in [1.82, 2.24) is 15.3 Å². The Kier molecular flexibility index (Phi) is 6.37. The van der Waals surface area contributed by atoms with Crippen LogP contribution in [-0.2, 0) is 0 Å². The van der Waals surface area contributed by atoms with E-state index in [0.29, 0.717) is 30.1 Å². The molecule has 1 aliphatic rings. The van der Waals surface area contributed by atoms with Crippen molar-refractivity contribution in [2.45, 2.75) is 65.8 Å². The number of nitrogens with one attached hydrogen (secondary N) is 1. The molecule has 2 rings (SSSR count). The fourth-order valence-electron chi connectivity index (χ4n) is 3.05. The molecule has 0 saturated carbocycles. The van der Waals surface area contributed by atoms with Crippen molar-refractivity contribution < 1.29 is 4.79 Å². The van der Waals surface area contributed by atoms with Gasteiger partial charge in [-0.1, -0.05) is 20.8 Å². The third-order valence-corrected chi connectivity index (χ3v) is 4.44. The van der Waals surface area contributed by atoms with Crippen molar-refractivity contribution in [1.29, 1.82) is 0 Å². The number of nitrogens with zero attached hydrogens (tertiary/aromatic N) is 3. The Morgan fingerprint density at radius 1 is 1.39 bits per heavy atom. The summed E-state index contributed by atoms with van der Waals surface area (Å²) in [7, 11) is 0. The molecule has 1 amide bonds. The average molecular weight is 318 g/mol. The van der Waals surface area contributed by atoms with Crippen LogP contribution in [0.3, 0.4) is 0 Å². The molecule has 1 saturated heterocycles. The van der Waals surface area contributed by atoms with Crippen molar-refractivity contribution in [3.8, 4) is 0 Å². The number of piperidine rings is 1. The summed E-state index contributed by atoms with van der Waals surface area (Å²) >= 11 is 0. The van der Waals surface area contributed by atoms with Crippen molar-refractivity contribution in [3.63, 3.8) is 0 Å². The van der Waals surface area contributed by atoms with Gasteiger partial charge in [-0.2, -0.15) is 0 Å². The molecule has 2 heterocycles. The maximum absolute atomic E-state index is 12.3. The highest BCUT2D eigenvalue weighted by molar-refractivity contribution is 5.92. The second kappa shape index (κ2) is 8.27. The lowest BCUT2D eigenvalue weighted by Gasteiger charge is -2.35. The topological polar surface area (TPSA) is 58.1 Å². The summed E-state index contributed by atoms with van der Waals surface area (Å²) in [6.45, 7) is 10.1. The van der Waals surface area contributed by atoms with E-state index in [2.05, 4.69) is 41.0 Å². The van der Waals surface area contributed by atoms with Crippen molar-refractivity contribution in [3.05, 3.63) is 17.5 Å². The number of aromatic nitrogens is 2. The van der Waals surface area contributed by atoms with Crippen molar-refractivity contribution >= 4 is 11.9 Å². The average Bonchev–Trinajstić information content (AvgIpc) is 2.53. The Bertz CT molecular complexity index is 530. The van der Waals surface area contributed by atoms with Gasteiger partial charge in [-0.15, -0.1) is 0 Å². The molecule has 0 bridgehead atoms. The summed E-state index contributed by atoms with van der Waals surface area (Å²) in [4.78, 5) is 23.8. The zero-order chi connectivity index (χ0) is 16.8. The van der Waals surface area contributed by atoms with E-state index >= 15 is 0 Å². The monoisotopic (exact) mass is 318 g/mol. The molecule has 0 spiro atoms. The van der Waals surface area contributed by atoms with Crippen LogP contribution in [0.4, 0.5) is 5.95 Å². The number of hydrogen-bond acceptors (Lipinski definition) is 4. The minimum Gasteiger partial charge on any atom is -0.351 e. The van der Waals surface area contributed by atoms with Crippen LogP contribution in [0.2, 0.25) is 0 Å². The van der Waals surface area contributed by atoms with Crippen LogP contribution in [0.1, 0.15) is 69.1 Å². The van der Waals surface area contributed by atoms with Crippen molar-refractivity contribution in [2.75, 3.05) is 18.0 Å². The van der Waals surface area contributed by atoms with Gasteiger partial charge < -0.3 is 10.2 Å². The maximum Gasteiger partial charge on any atom is 0.270 e. The lowest BCUT2D eigenvalue weighted by molar-refractivity contribution is 0.0946. The van der Waals surface area contributed by atoms with Gasteiger partial charge in [-0.05, 0) is 51.0 Å². The lowest BCUT2D eigenvalue weighted by Crippen LogP contribution is -2.40. The van der Waals surface area contributed by atoms with E-state index in [-0.39, 0.29) is 5.91 Å². The van der Waals surface area contributed by atoms with Crippen LogP contribution >= 0.6 is 0 Å². The Hall–Kier alpha value is -1.65. The van der Waals surface area contributed by atoms with E-state index in [1.807, 2.05) is 6.92 Å². The highest BCUT2D eigenvalue weighted by Crippen LogP contribution is 2.24. The number of hydrogen-bond donors (Lipinski definition) is 1. The normalized spacial score (nSPS) is 18.3. The first-order valence-electron chi connectivity index (χ1n) is 8.91. The Morgan fingerprint density at radius 2 is 2.17 bits per heavy atom. The summed E-state index contributed by atoms with van der Waals surface area (Å²) in [5.41, 5.74) is 1.33. The van der Waals surface area contributed by atoms with Crippen LogP contribution in [0, 0.1) is 12.8 Å². The van der Waals surface area contributed by atoms with Crippen molar-refractivity contribution in [2.24, 2.45) is 5.92 Å². The van der Waals surface area contributed by atoms with E-state index in [9.17, 15) is 4.79 Å². The Balaban J connectivity index is 2.13. The molecule has 1 N–H and O–H groups in total. The zero-order valence-electron chi connectivity index (χ0n) is 14.9. The number of rotatable bonds is 6. The van der Waals surface area contributed by atoms with Gasteiger partial charge >= 0.3 is 0 Å². The Labute approximate surface area is 139 Å². The Morgan fingerprint density at radius 3 is 2.87 bits per heavy atom. The summed E-state index contributed by atoms with van der Waals surface area (Å²) in [5.74, 6) is 1.20. The third-order valence-electron chi connectivity index (χ3n) is 4.44. The molecule has 5 nitrogen and oxygen atoms in total. The summed E-state index contributed by atoms with van der Waals surface area (Å²) in [6.07, 6.45) is 5.69. The first kappa shape index (κ1) is 17.7. The van der Waals surface area contributed by atoms with Crippen LogP contribution in [0.15, 0.2) is 6.07 Å². The number of anilines is 1. The molecule has 23 heavy (non-hydrogen) atoms. The zero-order valence-corrected chi connectivity index (χ0v) is 14.9. The highest BCUT2D eigenvalue weighted by atomic mass is 16.1. The van der Waals surface area contributed by atoms with Gasteiger partial charge in [0.15, 0.2) is 0 Å². The summed E-state index contributed by atoms with van der Waals surface area (Å²) < 4.78 is 0. The van der Waals surface area contributed by atoms with Crippen LogP contribution < -0.4 is 10.2 Å². The van der Waals surface area contributed by atoms with Gasteiger partial charge in [0.2, 0.25) is 5.95 Å². The molecule has 1 aliphatic heterocycles. The molecular formula is C18H30N4O. The molecule has 1 atom stereocenters. The summed E-state index contributed by atoms with van der Waals surface area (Å²) in [6, 6.07) is 2.27. The van der Waals surface area contributed by atoms with E-state index in [1.165, 1.54) is 19.3 Å². The molecular weight excluding hydrogens is 288 g/mol. The summed E-state index contributed by atoms with van der Waals surface area (Å²) in [5, 5.41) is 2.97. The molecule has 5 heteroatoms. The van der Waals surface area contributed by atoms with Crippen LogP contribution in [-0.4, -0.2) is 35.0 Å². The quantitative estimate of drug-likeness (QED) is 0.874. The molecule has 0 aliphatic carbocycles. The molecule has 1 aromatic heterocycles. The minimum atomic E-state index is -0.0949. The number of amides is 1. The first-order valence-corrected chi connectivity index (χ1v) is 8.91. The standard InChI is InChI=1S/C18H30N4O/c1-5-15-8-6-7-11-22(15)18-20-14(4)12-16(21-18)17(23)19-10-9-13(2)3/h12-13,15H,5-11H2,1-4H3,(H,19,23). The highest BCUT2D eigenvalue weighted by Gasteiger charge is 2.24. The molecule has 128 valence electrons. The van der Waals surface area contributed by atoms with Gasteiger partial charge in [0.25, 0.3) is 5.91 Å². The fraction of sp³-hybridized carbons (Fsp3) is 0.722. The molecule has 0 aromatic carbocycles. The van der Waals surface area contributed by atoms with Gasteiger partial charge in [-0.25, -0.2) is 9.97 Å². The van der Waals surface area contributed by atoms with Crippen LogP contribution in [0.5, 0.6) is 0 Å². The van der Waals surface area contributed by atoms with Gasteiger partial charge in [-0.3, -0.25) is 4.79 Å². The minimum absolute atomic E-state index is 0.0949. The second-order valence-corrected chi connectivity index (χ2v) is 6.88. The number of aryl methyl sites for hydroxylation is 1. The molecule has 1 unspecified atom stereocenters. The van der Waals surface area contributed by atoms with Gasteiger partial charge in [0.1, 0.15) is 5.69 Å². The third kappa shape index (κ3) is 4.91. The lowest BCUT2D eigenvalue weighted by atomic mass is 10.0. The van der Waals surface area contributed by atoms with Gasteiger partial charge in [0.05, 0.1) is 0 Å². The predicted octanol–water partition coefficient (Wildman–Crippen LogP) is 3.33. The van der Waals surface area contributed by atoms with Crippen LogP contribution in [0.25, 0.3) is 0 Å². The van der Waals surface area contributed by atoms with E-state index in [4.69, 9.17) is 0 Å². The molecule has 1 fully saturated rings. The largest absolute Gasteiger partial charge is 0.351 e. The smallest absolute Gasteiger partial charge is 0.270 e. The maximum atomic E-state index is 12.3. The van der Waals surface area contributed by atoms with E-state index in [1.54, 1.807) is 6.07 Å².